The lowest BCUT2D eigenvalue weighted by atomic mass is 9.75. The zero-order chi connectivity index (χ0) is 18.0. The molecule has 1 fully saturated rings. The summed E-state index contributed by atoms with van der Waals surface area (Å²) >= 11 is 0. The Labute approximate surface area is 134 Å². The molecule has 1 aromatic rings. The first-order valence-electron chi connectivity index (χ1n) is 7.15. The third-order valence-electron chi connectivity index (χ3n) is 3.69. The first-order valence-corrected chi connectivity index (χ1v) is 7.15. The molecule has 3 nitrogen and oxygen atoms in total. The lowest BCUT2D eigenvalue weighted by Gasteiger charge is -2.36. The summed E-state index contributed by atoms with van der Waals surface area (Å²) in [4.78, 5) is 11.4. The minimum atomic E-state index is -4.49. The van der Waals surface area contributed by atoms with E-state index in [0.717, 1.165) is 12.1 Å². The predicted molar refractivity (Wildman–Crippen MR) is 72.2 cm³/mol. The van der Waals surface area contributed by atoms with Crippen LogP contribution in [0.4, 0.5) is 26.3 Å². The maximum absolute atomic E-state index is 12.7. The summed E-state index contributed by atoms with van der Waals surface area (Å²) in [6, 6.07) is 4.71. The van der Waals surface area contributed by atoms with Gasteiger partial charge in [-0.25, -0.2) is 0 Å². The maximum Gasteiger partial charge on any atom is 0.416 e. The second-order valence-corrected chi connectivity index (χ2v) is 5.66. The topological polar surface area (TPSA) is 38.3 Å². The molecule has 0 aromatic heterocycles. The third-order valence-corrected chi connectivity index (χ3v) is 3.69. The molecular formula is C15H15F6NO2. The van der Waals surface area contributed by atoms with E-state index in [9.17, 15) is 31.1 Å². The van der Waals surface area contributed by atoms with Crippen LogP contribution in [-0.2, 0) is 15.7 Å². The minimum Gasteiger partial charge on any atom is -0.362 e. The Bertz CT molecular complexity index is 578. The van der Waals surface area contributed by atoms with Crippen LogP contribution in [0, 0.1) is 0 Å². The summed E-state index contributed by atoms with van der Waals surface area (Å²) < 4.78 is 77.8. The van der Waals surface area contributed by atoms with Gasteiger partial charge in [-0.3, -0.25) is 4.79 Å². The van der Waals surface area contributed by atoms with Crippen LogP contribution in [0.1, 0.15) is 29.9 Å². The molecule has 134 valence electrons. The van der Waals surface area contributed by atoms with E-state index in [4.69, 9.17) is 0 Å². The summed E-state index contributed by atoms with van der Waals surface area (Å²) in [6.45, 7) is -2.21. The maximum atomic E-state index is 12.7. The second kappa shape index (κ2) is 7.00. The summed E-state index contributed by atoms with van der Waals surface area (Å²) in [5.41, 5.74) is -0.198. The second-order valence-electron chi connectivity index (χ2n) is 5.66. The standard InChI is InChI=1S/C15H15F6NO2/c16-14(17,18)8-24-7-13(23)22-12-5-10(6-12)9-2-1-3-11(4-9)15(19,20)21/h1-4,10,12H,5-8H2,(H,22,23). The smallest absolute Gasteiger partial charge is 0.362 e. The van der Waals surface area contributed by atoms with Crippen molar-refractivity contribution in [1.82, 2.24) is 5.32 Å². The lowest BCUT2D eigenvalue weighted by Crippen LogP contribution is -2.45. The van der Waals surface area contributed by atoms with E-state index < -0.39 is 37.0 Å². The van der Waals surface area contributed by atoms with E-state index in [0.29, 0.717) is 18.4 Å². The number of hydrogen-bond acceptors (Lipinski definition) is 2. The van der Waals surface area contributed by atoms with Gasteiger partial charge in [-0.2, -0.15) is 26.3 Å². The molecule has 1 saturated carbocycles. The zero-order valence-corrected chi connectivity index (χ0v) is 12.4. The highest BCUT2D eigenvalue weighted by Crippen LogP contribution is 2.39. The van der Waals surface area contributed by atoms with Crippen LogP contribution in [0.3, 0.4) is 0 Å². The van der Waals surface area contributed by atoms with Crippen LogP contribution in [0.2, 0.25) is 0 Å². The fourth-order valence-corrected chi connectivity index (χ4v) is 2.51. The summed E-state index contributed by atoms with van der Waals surface area (Å²) in [6.07, 6.45) is -8.03. The van der Waals surface area contributed by atoms with Gasteiger partial charge in [-0.15, -0.1) is 0 Å². The molecule has 0 unspecified atom stereocenters. The molecule has 1 amide bonds. The van der Waals surface area contributed by atoms with Crippen LogP contribution in [-0.4, -0.2) is 31.3 Å². The third kappa shape index (κ3) is 5.40. The van der Waals surface area contributed by atoms with Gasteiger partial charge in [-0.05, 0) is 30.4 Å². The Hall–Kier alpha value is -1.77. The van der Waals surface area contributed by atoms with Crippen LogP contribution < -0.4 is 5.32 Å². The SMILES string of the molecule is O=C(COCC(F)(F)F)NC1CC(c2cccc(C(F)(F)F)c2)C1. The predicted octanol–water partition coefficient (Wildman–Crippen LogP) is 3.65. The molecule has 0 saturated heterocycles. The Morgan fingerprint density at radius 1 is 1.17 bits per heavy atom. The molecule has 1 aliphatic carbocycles. The highest BCUT2D eigenvalue weighted by molar-refractivity contribution is 5.77. The number of halogens is 6. The van der Waals surface area contributed by atoms with Gasteiger partial charge in [-0.1, -0.05) is 18.2 Å². The Morgan fingerprint density at radius 3 is 2.42 bits per heavy atom. The Balaban J connectivity index is 1.76. The van der Waals surface area contributed by atoms with Gasteiger partial charge < -0.3 is 10.1 Å². The van der Waals surface area contributed by atoms with Crippen molar-refractivity contribution < 1.29 is 35.9 Å². The summed E-state index contributed by atoms with van der Waals surface area (Å²) in [7, 11) is 0. The molecule has 1 aromatic carbocycles. The molecule has 0 spiro atoms. The normalized spacial score (nSPS) is 21.2. The van der Waals surface area contributed by atoms with Crippen molar-refractivity contribution in [1.29, 1.82) is 0 Å². The molecule has 0 bridgehead atoms. The van der Waals surface area contributed by atoms with Crippen molar-refractivity contribution in [3.8, 4) is 0 Å². The molecule has 0 aliphatic heterocycles. The van der Waals surface area contributed by atoms with Crippen molar-refractivity contribution in [2.45, 2.75) is 37.2 Å². The Kier molecular flexibility index (Phi) is 5.42. The van der Waals surface area contributed by atoms with Crippen LogP contribution in [0.5, 0.6) is 0 Å². The monoisotopic (exact) mass is 355 g/mol. The van der Waals surface area contributed by atoms with E-state index in [1.54, 1.807) is 6.07 Å². The number of ether oxygens (including phenoxy) is 1. The number of carbonyl (C=O) groups is 1. The van der Waals surface area contributed by atoms with Crippen molar-refractivity contribution in [2.75, 3.05) is 13.2 Å². The lowest BCUT2D eigenvalue weighted by molar-refractivity contribution is -0.175. The van der Waals surface area contributed by atoms with Crippen LogP contribution in [0.25, 0.3) is 0 Å². The largest absolute Gasteiger partial charge is 0.416 e. The molecule has 24 heavy (non-hydrogen) atoms. The van der Waals surface area contributed by atoms with Gasteiger partial charge in [0.2, 0.25) is 5.91 Å². The number of carbonyl (C=O) groups excluding carboxylic acids is 1. The molecule has 9 heteroatoms. The van der Waals surface area contributed by atoms with Gasteiger partial charge in [0.15, 0.2) is 0 Å². The zero-order valence-electron chi connectivity index (χ0n) is 12.4. The molecule has 1 N–H and O–H groups in total. The Morgan fingerprint density at radius 2 is 1.83 bits per heavy atom. The quantitative estimate of drug-likeness (QED) is 0.819. The van der Waals surface area contributed by atoms with E-state index in [2.05, 4.69) is 10.1 Å². The van der Waals surface area contributed by atoms with Crippen LogP contribution in [0.15, 0.2) is 24.3 Å². The van der Waals surface area contributed by atoms with E-state index in [1.807, 2.05) is 0 Å². The number of benzene rings is 1. The highest BCUT2D eigenvalue weighted by atomic mass is 19.4. The van der Waals surface area contributed by atoms with Gasteiger partial charge >= 0.3 is 12.4 Å². The van der Waals surface area contributed by atoms with Crippen LogP contribution >= 0.6 is 0 Å². The first kappa shape index (κ1) is 18.6. The number of nitrogens with one attached hydrogen (secondary N) is 1. The molecule has 0 atom stereocenters. The average Bonchev–Trinajstić information content (AvgIpc) is 2.40. The average molecular weight is 355 g/mol. The van der Waals surface area contributed by atoms with Crippen molar-refractivity contribution in [3.63, 3.8) is 0 Å². The van der Waals surface area contributed by atoms with Gasteiger partial charge in [0.1, 0.15) is 13.2 Å². The number of alkyl halides is 6. The fraction of sp³-hybridized carbons (Fsp3) is 0.533. The highest BCUT2D eigenvalue weighted by Gasteiger charge is 2.35. The number of amides is 1. The van der Waals surface area contributed by atoms with Gasteiger partial charge in [0.25, 0.3) is 0 Å². The molecule has 2 rings (SSSR count). The molecule has 1 aliphatic rings. The summed E-state index contributed by atoms with van der Waals surface area (Å²) in [5, 5.41) is 2.49. The van der Waals surface area contributed by atoms with Gasteiger partial charge in [0.05, 0.1) is 5.56 Å². The molecular weight excluding hydrogens is 340 g/mol. The first-order chi connectivity index (χ1) is 11.0. The summed E-state index contributed by atoms with van der Waals surface area (Å²) in [5.74, 6) is -0.791. The minimum absolute atomic E-state index is 0.117. The van der Waals surface area contributed by atoms with Crippen molar-refractivity contribution in [2.24, 2.45) is 0 Å². The fourth-order valence-electron chi connectivity index (χ4n) is 2.51. The van der Waals surface area contributed by atoms with E-state index >= 15 is 0 Å². The molecule has 0 heterocycles. The molecule has 0 radical (unpaired) electrons. The van der Waals surface area contributed by atoms with Crippen molar-refractivity contribution >= 4 is 5.91 Å². The number of hydrogen-bond donors (Lipinski definition) is 1. The number of rotatable bonds is 5. The van der Waals surface area contributed by atoms with E-state index in [-0.39, 0.29) is 12.0 Å². The van der Waals surface area contributed by atoms with E-state index in [1.165, 1.54) is 6.07 Å². The van der Waals surface area contributed by atoms with Gasteiger partial charge in [0, 0.05) is 6.04 Å². The van der Waals surface area contributed by atoms with Crippen molar-refractivity contribution in [3.05, 3.63) is 35.4 Å².